The van der Waals surface area contributed by atoms with Gasteiger partial charge in [-0.05, 0) is 49.9 Å². The molecule has 5 heterocycles. The van der Waals surface area contributed by atoms with Gasteiger partial charge >= 0.3 is 0 Å². The summed E-state index contributed by atoms with van der Waals surface area (Å²) in [6, 6.07) is 14.1. The first-order chi connectivity index (χ1) is 18.3. The molecule has 6 aromatic rings. The van der Waals surface area contributed by atoms with E-state index in [1.807, 2.05) is 48.8 Å². The molecule has 1 saturated carbocycles. The van der Waals surface area contributed by atoms with Crippen molar-refractivity contribution < 1.29 is 4.74 Å². The summed E-state index contributed by atoms with van der Waals surface area (Å²) in [5.74, 6) is 1.49. The van der Waals surface area contributed by atoms with Gasteiger partial charge in [-0.25, -0.2) is 4.98 Å². The third-order valence-corrected chi connectivity index (χ3v) is 7.02. The van der Waals surface area contributed by atoms with Gasteiger partial charge in [0, 0.05) is 40.7 Å². The van der Waals surface area contributed by atoms with Gasteiger partial charge in [-0.2, -0.15) is 5.10 Å². The van der Waals surface area contributed by atoms with Crippen molar-refractivity contribution in [1.29, 1.82) is 0 Å². The van der Waals surface area contributed by atoms with Crippen molar-refractivity contribution in [3.63, 3.8) is 0 Å². The van der Waals surface area contributed by atoms with E-state index < -0.39 is 0 Å². The van der Waals surface area contributed by atoms with Crippen molar-refractivity contribution in [1.82, 2.24) is 35.1 Å². The molecule has 0 atom stereocenters. The minimum Gasteiger partial charge on any atom is -0.489 e. The highest BCUT2D eigenvalue weighted by Gasteiger charge is 2.18. The zero-order chi connectivity index (χ0) is 24.6. The van der Waals surface area contributed by atoms with E-state index in [9.17, 15) is 0 Å². The molecule has 0 unspecified atom stereocenters. The second-order valence-electron chi connectivity index (χ2n) is 9.50. The number of imidazole rings is 1. The van der Waals surface area contributed by atoms with Crippen LogP contribution in [0.3, 0.4) is 0 Å². The Morgan fingerprint density at radius 2 is 1.76 bits per heavy atom. The van der Waals surface area contributed by atoms with Crippen LogP contribution < -0.4 is 4.74 Å². The van der Waals surface area contributed by atoms with Crippen molar-refractivity contribution in [3.8, 4) is 39.7 Å². The number of benzene rings is 1. The number of aromatic amines is 2. The van der Waals surface area contributed by atoms with E-state index in [-0.39, 0.29) is 6.10 Å². The number of para-hydroxylation sites is 1. The van der Waals surface area contributed by atoms with Crippen LogP contribution in [0.25, 0.3) is 55.8 Å². The molecule has 0 bridgehead atoms. The Morgan fingerprint density at radius 1 is 0.838 bits per heavy atom. The third kappa shape index (κ3) is 4.10. The molecule has 8 nitrogen and oxygen atoms in total. The van der Waals surface area contributed by atoms with E-state index in [2.05, 4.69) is 36.2 Å². The normalized spacial score (nSPS) is 14.4. The first-order valence-corrected chi connectivity index (χ1v) is 12.7. The molecule has 8 heteroatoms. The lowest BCUT2D eigenvalue weighted by Gasteiger charge is -2.22. The van der Waals surface area contributed by atoms with Crippen molar-refractivity contribution in [3.05, 3.63) is 73.4 Å². The van der Waals surface area contributed by atoms with Crippen LogP contribution in [-0.2, 0) is 0 Å². The third-order valence-electron chi connectivity index (χ3n) is 7.02. The monoisotopic (exact) mass is 487 g/mol. The summed E-state index contributed by atoms with van der Waals surface area (Å²) in [5, 5.41) is 8.62. The average Bonchev–Trinajstić information content (AvgIpc) is 3.58. The maximum Gasteiger partial charge on any atom is 0.159 e. The number of nitrogens with one attached hydrogen (secondary N) is 2. The lowest BCUT2D eigenvalue weighted by atomic mass is 9.98. The number of fused-ring (bicyclic) bond motifs is 2. The Kier molecular flexibility index (Phi) is 5.35. The molecule has 0 spiro atoms. The van der Waals surface area contributed by atoms with Crippen LogP contribution in [0.15, 0.2) is 73.4 Å². The van der Waals surface area contributed by atoms with Crippen LogP contribution in [-0.4, -0.2) is 41.2 Å². The van der Waals surface area contributed by atoms with Crippen molar-refractivity contribution in [2.24, 2.45) is 0 Å². The van der Waals surface area contributed by atoms with Gasteiger partial charge in [-0.15, -0.1) is 0 Å². The topological polar surface area (TPSA) is 105 Å². The molecule has 2 N–H and O–H groups in total. The van der Waals surface area contributed by atoms with Crippen LogP contribution in [0.2, 0.25) is 0 Å². The molecule has 0 radical (unpaired) electrons. The van der Waals surface area contributed by atoms with E-state index in [0.717, 1.165) is 68.6 Å². The van der Waals surface area contributed by atoms with Crippen molar-refractivity contribution >= 4 is 21.9 Å². The minimum absolute atomic E-state index is 0.270. The van der Waals surface area contributed by atoms with Gasteiger partial charge < -0.3 is 9.72 Å². The van der Waals surface area contributed by atoms with E-state index in [1.165, 1.54) is 19.3 Å². The summed E-state index contributed by atoms with van der Waals surface area (Å²) >= 11 is 0. The fourth-order valence-electron chi connectivity index (χ4n) is 5.15. The van der Waals surface area contributed by atoms with Crippen LogP contribution in [0.5, 0.6) is 5.75 Å². The van der Waals surface area contributed by atoms with E-state index in [0.29, 0.717) is 5.82 Å². The smallest absolute Gasteiger partial charge is 0.159 e. The maximum absolute atomic E-state index is 6.24. The molecular weight excluding hydrogens is 462 g/mol. The lowest BCUT2D eigenvalue weighted by molar-refractivity contribution is 0.154. The van der Waals surface area contributed by atoms with Crippen LogP contribution in [0, 0.1) is 0 Å². The molecule has 7 rings (SSSR count). The highest BCUT2D eigenvalue weighted by molar-refractivity contribution is 5.97. The first kappa shape index (κ1) is 21.7. The number of hydrogen-bond donors (Lipinski definition) is 2. The number of hydrogen-bond acceptors (Lipinski definition) is 6. The molecule has 0 saturated heterocycles. The molecule has 1 aliphatic rings. The summed E-state index contributed by atoms with van der Waals surface area (Å²) < 4.78 is 6.24. The second-order valence-corrected chi connectivity index (χ2v) is 9.50. The molecule has 182 valence electrons. The molecule has 5 aromatic heterocycles. The SMILES string of the molecule is c1cncc(-c2cccc3[nH]c(-c4n[nH]c5cnc(-c6cncc(OC7CCCCC7)c6)cc45)nc23)c1. The molecule has 1 aliphatic carbocycles. The number of aromatic nitrogens is 7. The molecule has 0 aliphatic heterocycles. The molecule has 0 amide bonds. The van der Waals surface area contributed by atoms with Crippen LogP contribution >= 0.6 is 0 Å². The van der Waals surface area contributed by atoms with E-state index >= 15 is 0 Å². The summed E-state index contributed by atoms with van der Waals surface area (Å²) in [6.45, 7) is 0. The summed E-state index contributed by atoms with van der Waals surface area (Å²) in [5.41, 5.74) is 7.17. The Hall–Kier alpha value is -4.59. The average molecular weight is 488 g/mol. The maximum atomic E-state index is 6.24. The van der Waals surface area contributed by atoms with Gasteiger partial charge in [-0.1, -0.05) is 24.6 Å². The lowest BCUT2D eigenvalue weighted by Crippen LogP contribution is -2.19. The van der Waals surface area contributed by atoms with Gasteiger partial charge in [0.05, 0.1) is 40.7 Å². The standard InChI is InChI=1S/C29H25N7O/c1-2-7-20(8-3-1)37-21-12-19(15-31-16-21)25-13-23-26(17-32-25)35-36-28(23)29-33-24-10-4-9-22(27(24)34-29)18-6-5-11-30-14-18/h4-6,9-17,20H,1-3,7-8H2,(H,33,34)(H,35,36). The zero-order valence-corrected chi connectivity index (χ0v) is 20.2. The zero-order valence-electron chi connectivity index (χ0n) is 20.2. The number of ether oxygens (including phenoxy) is 1. The predicted molar refractivity (Wildman–Crippen MR) is 143 cm³/mol. The predicted octanol–water partition coefficient (Wildman–Crippen LogP) is 6.34. The number of H-pyrrole nitrogens is 2. The first-order valence-electron chi connectivity index (χ1n) is 12.7. The summed E-state index contributed by atoms with van der Waals surface area (Å²) in [7, 11) is 0. The van der Waals surface area contributed by atoms with Crippen molar-refractivity contribution in [2.45, 2.75) is 38.2 Å². The highest BCUT2D eigenvalue weighted by atomic mass is 16.5. The quantitative estimate of drug-likeness (QED) is 0.294. The Labute approximate surface area is 213 Å². The number of pyridine rings is 3. The molecule has 1 fully saturated rings. The van der Waals surface area contributed by atoms with Gasteiger partial charge in [0.1, 0.15) is 11.4 Å². The van der Waals surface area contributed by atoms with Crippen molar-refractivity contribution in [2.75, 3.05) is 0 Å². The number of nitrogens with zero attached hydrogens (tertiary/aromatic N) is 5. The number of rotatable bonds is 5. The van der Waals surface area contributed by atoms with Gasteiger partial charge in [0.25, 0.3) is 0 Å². The summed E-state index contributed by atoms with van der Waals surface area (Å²) in [6.07, 6.45) is 15.3. The Morgan fingerprint density at radius 3 is 2.65 bits per heavy atom. The molecule has 37 heavy (non-hydrogen) atoms. The van der Waals surface area contributed by atoms with Gasteiger partial charge in [-0.3, -0.25) is 20.1 Å². The molecule has 1 aromatic carbocycles. The Balaban J connectivity index is 1.26. The fraction of sp³-hybridized carbons (Fsp3) is 0.207. The Bertz CT molecular complexity index is 1700. The highest BCUT2D eigenvalue weighted by Crippen LogP contribution is 2.33. The minimum atomic E-state index is 0.270. The van der Waals surface area contributed by atoms with E-state index in [1.54, 1.807) is 18.6 Å². The second kappa shape index (κ2) is 9.13. The largest absolute Gasteiger partial charge is 0.489 e. The summed E-state index contributed by atoms with van der Waals surface area (Å²) in [4.78, 5) is 21.8. The molecular formula is C29H25N7O. The van der Waals surface area contributed by atoms with Crippen LogP contribution in [0.1, 0.15) is 32.1 Å². The van der Waals surface area contributed by atoms with E-state index in [4.69, 9.17) is 9.72 Å². The fourth-order valence-corrected chi connectivity index (χ4v) is 5.15. The van der Waals surface area contributed by atoms with Gasteiger partial charge in [0.15, 0.2) is 5.82 Å². The van der Waals surface area contributed by atoms with Crippen LogP contribution in [0.4, 0.5) is 0 Å². The van der Waals surface area contributed by atoms with Gasteiger partial charge in [0.2, 0.25) is 0 Å².